The zero-order chi connectivity index (χ0) is 18.0. The highest BCUT2D eigenvalue weighted by atomic mass is 79.9. The topological polar surface area (TPSA) is 70.9 Å². The first-order chi connectivity index (χ1) is 12.0. The Morgan fingerprint density at radius 3 is 2.92 bits per heavy atom. The van der Waals surface area contributed by atoms with Gasteiger partial charge in [-0.05, 0) is 40.9 Å². The number of aliphatic hydroxyl groups excluding tert-OH is 1. The van der Waals surface area contributed by atoms with Crippen LogP contribution in [0.15, 0.2) is 27.3 Å². The van der Waals surface area contributed by atoms with Gasteiger partial charge in [0.15, 0.2) is 20.5 Å². The molecule has 0 saturated carbocycles. The summed E-state index contributed by atoms with van der Waals surface area (Å²) in [6.07, 6.45) is 0. The first-order valence-corrected chi connectivity index (χ1v) is 10.2. The van der Waals surface area contributed by atoms with Crippen LogP contribution in [0.3, 0.4) is 0 Å². The number of thioether (sulfide) groups is 1. The Morgan fingerprint density at radius 1 is 1.36 bits per heavy atom. The van der Waals surface area contributed by atoms with Crippen LogP contribution in [-0.4, -0.2) is 32.7 Å². The second-order valence-corrected chi connectivity index (χ2v) is 8.76. The lowest BCUT2D eigenvalue weighted by atomic mass is 10.1. The van der Waals surface area contributed by atoms with Crippen molar-refractivity contribution in [3.63, 3.8) is 0 Å². The minimum Gasteiger partial charge on any atom is -0.394 e. The van der Waals surface area contributed by atoms with E-state index in [9.17, 15) is 9.50 Å². The maximum absolute atomic E-state index is 14.1. The highest BCUT2D eigenvalue weighted by molar-refractivity contribution is 9.11. The number of nitrogens with zero attached hydrogens (tertiary/aromatic N) is 3. The van der Waals surface area contributed by atoms with Crippen LogP contribution in [0.4, 0.5) is 10.2 Å². The summed E-state index contributed by atoms with van der Waals surface area (Å²) < 4.78 is 15.7. The number of benzene rings is 1. The number of nitrogens with one attached hydrogen (secondary N) is 1. The first kappa shape index (κ1) is 18.5. The molecule has 0 bridgehead atoms. The van der Waals surface area contributed by atoms with Gasteiger partial charge in [-0.15, -0.1) is 11.3 Å². The van der Waals surface area contributed by atoms with Gasteiger partial charge in [-0.2, -0.15) is 0 Å². The number of aromatic nitrogens is 3. The summed E-state index contributed by atoms with van der Waals surface area (Å²) in [5.41, 5.74) is 1.81. The Hall–Kier alpha value is -1.29. The number of hydrogen-bond acceptors (Lipinski definition) is 7. The fourth-order valence-electron chi connectivity index (χ4n) is 2.18. The molecule has 0 amide bonds. The van der Waals surface area contributed by atoms with Crippen LogP contribution in [-0.2, 0) is 5.75 Å². The van der Waals surface area contributed by atoms with Crippen molar-refractivity contribution in [2.75, 3.05) is 11.9 Å². The van der Waals surface area contributed by atoms with Crippen LogP contribution in [0.1, 0.15) is 18.1 Å². The van der Waals surface area contributed by atoms with Crippen molar-refractivity contribution in [3.8, 4) is 0 Å². The van der Waals surface area contributed by atoms with Gasteiger partial charge in [0.1, 0.15) is 10.5 Å². The van der Waals surface area contributed by atoms with Crippen LogP contribution < -0.4 is 5.32 Å². The number of thiazole rings is 1. The smallest absolute Gasteiger partial charge is 0.191 e. The number of aliphatic hydroxyl groups is 1. The molecule has 2 heterocycles. The summed E-state index contributed by atoms with van der Waals surface area (Å²) in [6, 6.07) is 5.20. The van der Waals surface area contributed by atoms with Gasteiger partial charge in [-0.25, -0.2) is 19.3 Å². The molecule has 0 fully saturated rings. The van der Waals surface area contributed by atoms with E-state index < -0.39 is 0 Å². The molecule has 1 aromatic carbocycles. The summed E-state index contributed by atoms with van der Waals surface area (Å²) in [4.78, 5) is 13.3. The minimum absolute atomic E-state index is 0.0115. The molecule has 0 radical (unpaired) electrons. The van der Waals surface area contributed by atoms with E-state index in [4.69, 9.17) is 0 Å². The molecule has 0 spiro atoms. The molecule has 0 aliphatic carbocycles. The molecular formula is C16H16BrFN4OS2. The molecule has 2 aromatic heterocycles. The third kappa shape index (κ3) is 4.28. The third-order valence-electron chi connectivity index (χ3n) is 3.49. The standard InChI is InChI=1S/C16H16BrFN4OS2/c1-8-4-3-5-10(11(8)18)7-24-16-21-13(19-9(2)6-23)12-14(22-16)20-15(17)25-12/h3-5,9,23H,6-7H2,1-2H3,(H,19,21,22)/t9-/m1/s1. The molecule has 9 heteroatoms. The molecule has 0 saturated heterocycles. The van der Waals surface area contributed by atoms with E-state index in [1.54, 1.807) is 19.1 Å². The third-order valence-corrected chi connectivity index (χ3v) is 5.89. The average Bonchev–Trinajstić information content (AvgIpc) is 2.96. The van der Waals surface area contributed by atoms with E-state index in [1.807, 2.05) is 13.0 Å². The van der Waals surface area contributed by atoms with Gasteiger partial charge in [0.2, 0.25) is 0 Å². The van der Waals surface area contributed by atoms with Crippen molar-refractivity contribution >= 4 is 55.2 Å². The van der Waals surface area contributed by atoms with E-state index in [2.05, 4.69) is 36.2 Å². The number of halogens is 2. The molecule has 132 valence electrons. The molecule has 1 atom stereocenters. The van der Waals surface area contributed by atoms with Gasteiger partial charge < -0.3 is 10.4 Å². The zero-order valence-corrected chi connectivity index (χ0v) is 16.8. The lowest BCUT2D eigenvalue weighted by Gasteiger charge is -2.12. The van der Waals surface area contributed by atoms with Crippen LogP contribution >= 0.6 is 39.0 Å². The molecule has 0 unspecified atom stereocenters. The number of fused-ring (bicyclic) bond motifs is 1. The summed E-state index contributed by atoms with van der Waals surface area (Å²) in [7, 11) is 0. The number of anilines is 1. The maximum Gasteiger partial charge on any atom is 0.191 e. The van der Waals surface area contributed by atoms with Gasteiger partial charge >= 0.3 is 0 Å². The highest BCUT2D eigenvalue weighted by Gasteiger charge is 2.15. The van der Waals surface area contributed by atoms with E-state index in [1.165, 1.54) is 23.1 Å². The van der Waals surface area contributed by atoms with Gasteiger partial charge in [-0.3, -0.25) is 0 Å². The van der Waals surface area contributed by atoms with Gasteiger partial charge in [0.05, 0.1) is 6.61 Å². The van der Waals surface area contributed by atoms with Crippen LogP contribution in [0.2, 0.25) is 0 Å². The Balaban J connectivity index is 1.89. The van der Waals surface area contributed by atoms with Crippen molar-refractivity contribution in [2.24, 2.45) is 0 Å². The fraction of sp³-hybridized carbons (Fsp3) is 0.312. The second kappa shape index (κ2) is 7.94. The summed E-state index contributed by atoms with van der Waals surface area (Å²) in [5, 5.41) is 13.0. The van der Waals surface area contributed by atoms with E-state index in [0.717, 1.165) is 4.70 Å². The molecule has 5 nitrogen and oxygen atoms in total. The molecule has 3 aromatic rings. The summed E-state index contributed by atoms with van der Waals surface area (Å²) in [5.74, 6) is 0.862. The average molecular weight is 443 g/mol. The molecular weight excluding hydrogens is 427 g/mol. The first-order valence-electron chi connectivity index (χ1n) is 7.56. The van der Waals surface area contributed by atoms with E-state index in [0.29, 0.717) is 37.4 Å². The number of hydrogen-bond donors (Lipinski definition) is 2. The van der Waals surface area contributed by atoms with Crippen molar-refractivity contribution in [1.82, 2.24) is 15.0 Å². The molecule has 25 heavy (non-hydrogen) atoms. The SMILES string of the molecule is Cc1cccc(CSc2nc(N[C@H](C)CO)c3sc(Br)nc3n2)c1F. The normalized spacial score (nSPS) is 12.5. The van der Waals surface area contributed by atoms with Gasteiger partial charge in [0, 0.05) is 11.8 Å². The minimum atomic E-state index is -0.195. The van der Waals surface area contributed by atoms with Crippen molar-refractivity contribution in [3.05, 3.63) is 39.1 Å². The lowest BCUT2D eigenvalue weighted by Crippen LogP contribution is -2.20. The Labute approximate surface area is 161 Å². The van der Waals surface area contributed by atoms with E-state index >= 15 is 0 Å². The second-order valence-electron chi connectivity index (χ2n) is 5.54. The fourth-order valence-corrected chi connectivity index (χ4v) is 4.33. The maximum atomic E-state index is 14.1. The van der Waals surface area contributed by atoms with Crippen LogP contribution in [0.5, 0.6) is 0 Å². The number of aryl methyl sites for hydroxylation is 1. The molecule has 2 N–H and O–H groups in total. The number of rotatable bonds is 6. The van der Waals surface area contributed by atoms with Gasteiger partial charge in [0.25, 0.3) is 0 Å². The monoisotopic (exact) mass is 442 g/mol. The highest BCUT2D eigenvalue weighted by Crippen LogP contribution is 2.33. The largest absolute Gasteiger partial charge is 0.394 e. The van der Waals surface area contributed by atoms with Crippen molar-refractivity contribution in [1.29, 1.82) is 0 Å². The molecule has 3 rings (SSSR count). The Morgan fingerprint density at radius 2 is 2.16 bits per heavy atom. The predicted molar refractivity (Wildman–Crippen MR) is 104 cm³/mol. The Bertz CT molecular complexity index is 905. The Kier molecular flexibility index (Phi) is 5.88. The van der Waals surface area contributed by atoms with Crippen molar-refractivity contribution in [2.45, 2.75) is 30.8 Å². The summed E-state index contributed by atoms with van der Waals surface area (Å²) >= 11 is 6.15. The van der Waals surface area contributed by atoms with Crippen LogP contribution in [0, 0.1) is 12.7 Å². The molecule has 0 aliphatic rings. The summed E-state index contributed by atoms with van der Waals surface area (Å²) in [6.45, 7) is 3.60. The van der Waals surface area contributed by atoms with Gasteiger partial charge in [-0.1, -0.05) is 30.0 Å². The lowest BCUT2D eigenvalue weighted by molar-refractivity contribution is 0.281. The van der Waals surface area contributed by atoms with Crippen LogP contribution in [0.25, 0.3) is 10.3 Å². The van der Waals surface area contributed by atoms with E-state index in [-0.39, 0.29) is 18.5 Å². The molecule has 0 aliphatic heterocycles. The zero-order valence-electron chi connectivity index (χ0n) is 13.6. The predicted octanol–water partition coefficient (Wildman–Crippen LogP) is 4.38. The quantitative estimate of drug-likeness (QED) is 0.435. The van der Waals surface area contributed by atoms with Crippen molar-refractivity contribution < 1.29 is 9.50 Å².